The molecule has 0 aliphatic rings. The van der Waals surface area contributed by atoms with Gasteiger partial charge in [-0.3, -0.25) is 34.1 Å². The van der Waals surface area contributed by atoms with E-state index in [0.717, 1.165) is 0 Å². The molecule has 0 fully saturated rings. The van der Waals surface area contributed by atoms with E-state index in [0.29, 0.717) is 19.3 Å². The Morgan fingerprint density at radius 2 is 1.05 bits per heavy atom. The van der Waals surface area contributed by atoms with Gasteiger partial charge in [0.1, 0.15) is 24.4 Å². The Morgan fingerprint density at radius 1 is 0.565 bits per heavy atom. The van der Waals surface area contributed by atoms with Crippen LogP contribution in [0.5, 0.6) is 0 Å². The summed E-state index contributed by atoms with van der Waals surface area (Å²) in [6.45, 7) is 23.6. The molecular formula is C43H90N12O7. The molecule has 19 heteroatoms. The summed E-state index contributed by atoms with van der Waals surface area (Å²) >= 11 is 0. The molecular weight excluding hydrogens is 797 g/mol. The highest BCUT2D eigenvalue weighted by molar-refractivity contribution is 5.95. The molecule has 6 amide bonds. The molecule has 19 nitrogen and oxygen atoms in total. The molecule has 0 saturated carbocycles. The zero-order valence-corrected chi connectivity index (χ0v) is 40.4. The number of nitrogens with two attached hydrogens (primary N) is 4. The predicted octanol–water partition coefficient (Wildman–Crippen LogP) is -0.759. The van der Waals surface area contributed by atoms with Gasteiger partial charge in [-0.1, -0.05) is 89.5 Å². The van der Waals surface area contributed by atoms with Gasteiger partial charge in [-0.05, 0) is 81.3 Å². The number of carbonyl (C=O) groups is 6. The molecule has 9 unspecified atom stereocenters. The third-order valence-corrected chi connectivity index (χ3v) is 10.5. The summed E-state index contributed by atoms with van der Waals surface area (Å²) in [6.07, 6.45) is 0.744. The van der Waals surface area contributed by atoms with E-state index in [1.807, 2.05) is 69.2 Å². The van der Waals surface area contributed by atoms with Gasteiger partial charge in [0, 0.05) is 19.6 Å². The number of aliphatic hydroxyl groups is 1. The number of hydrogen-bond donors (Lipinski definition) is 13. The lowest BCUT2D eigenvalue weighted by molar-refractivity contribution is -0.135. The summed E-state index contributed by atoms with van der Waals surface area (Å²) in [5.41, 5.74) is 23.3. The molecule has 0 aromatic carbocycles. The van der Waals surface area contributed by atoms with Crippen LogP contribution in [0.2, 0.25) is 0 Å². The Labute approximate surface area is 373 Å². The Hall–Kier alpha value is -3.46. The normalized spacial score (nSPS) is 16.4. The average Bonchev–Trinajstić information content (AvgIpc) is 3.21. The van der Waals surface area contributed by atoms with Crippen molar-refractivity contribution in [2.75, 3.05) is 33.2 Å². The summed E-state index contributed by atoms with van der Waals surface area (Å²) in [5, 5.41) is 34.3. The molecule has 62 heavy (non-hydrogen) atoms. The Morgan fingerprint density at radius 3 is 1.52 bits per heavy atom. The second-order valence-corrected chi connectivity index (χ2v) is 17.5. The second kappa shape index (κ2) is 33.1. The van der Waals surface area contributed by atoms with Crippen molar-refractivity contribution in [1.29, 1.82) is 0 Å². The Kier molecular flexibility index (Phi) is 32.4. The van der Waals surface area contributed by atoms with Crippen LogP contribution in [-0.2, 0) is 28.8 Å². The standard InChI is InChI=1S/C41H84N12O7.C2H6/c1-12-26(10)32(51-37(56)28(14-17-43)49-40(59)33(24(6)7)52-35(54)27(45)13-16-42)21-47-30(19-22(2)3)39(58)48-29(15-18-44)38(57)53-34(25(8)9)41(60)50-31(20-23(4)5)36(55)46-11;1-2/h22-34,40,47,49,59H,12-21,42-45H2,1-11H3,(H,46,55)(H,48,58)(H,50,60)(H,51,56)(H,52,54)(H,53,57);1-2H3/t26?,27?,28?,29?,30?,31?,32?,33?,34?,40-;/m0./s1. The molecule has 0 aliphatic heterocycles. The van der Waals surface area contributed by atoms with Crippen LogP contribution in [0.3, 0.4) is 0 Å². The minimum atomic E-state index is -1.31. The third-order valence-electron chi connectivity index (χ3n) is 10.5. The van der Waals surface area contributed by atoms with Crippen molar-refractivity contribution in [3.63, 3.8) is 0 Å². The van der Waals surface area contributed by atoms with Crippen molar-refractivity contribution < 1.29 is 33.9 Å². The molecule has 0 aliphatic carbocycles. The van der Waals surface area contributed by atoms with Crippen LogP contribution in [0.15, 0.2) is 0 Å². The van der Waals surface area contributed by atoms with E-state index in [2.05, 4.69) is 42.5 Å². The topological polar surface area (TPSA) is 323 Å². The van der Waals surface area contributed by atoms with Gasteiger partial charge in [0.15, 0.2) is 0 Å². The molecule has 0 aromatic rings. The van der Waals surface area contributed by atoms with Crippen molar-refractivity contribution in [3.05, 3.63) is 0 Å². The van der Waals surface area contributed by atoms with Gasteiger partial charge in [-0.25, -0.2) is 0 Å². The lowest BCUT2D eigenvalue weighted by Gasteiger charge is -2.33. The molecule has 0 bridgehead atoms. The van der Waals surface area contributed by atoms with Crippen LogP contribution >= 0.6 is 0 Å². The number of likely N-dealkylation sites (N-methyl/N-ethyl adjacent to an activating group) is 1. The number of nitrogens with one attached hydrogen (secondary N) is 8. The van der Waals surface area contributed by atoms with Crippen LogP contribution in [0.1, 0.15) is 122 Å². The van der Waals surface area contributed by atoms with Gasteiger partial charge < -0.3 is 65.3 Å². The molecule has 0 spiro atoms. The fourth-order valence-electron chi connectivity index (χ4n) is 6.58. The summed E-state index contributed by atoms with van der Waals surface area (Å²) in [4.78, 5) is 80.1. The fourth-order valence-corrected chi connectivity index (χ4v) is 6.58. The maximum Gasteiger partial charge on any atom is 0.243 e. The molecule has 0 saturated heterocycles. The number of rotatable bonds is 31. The first-order chi connectivity index (χ1) is 29.1. The first-order valence-electron chi connectivity index (χ1n) is 22.8. The molecule has 364 valence electrons. The van der Waals surface area contributed by atoms with E-state index in [9.17, 15) is 33.9 Å². The number of carbonyl (C=O) groups excluding carboxylic acids is 6. The van der Waals surface area contributed by atoms with E-state index in [1.54, 1.807) is 13.8 Å². The number of aliphatic hydroxyl groups excluding tert-OH is 1. The number of amides is 6. The van der Waals surface area contributed by atoms with E-state index in [-0.39, 0.29) is 80.9 Å². The van der Waals surface area contributed by atoms with Gasteiger partial charge in [0.25, 0.3) is 0 Å². The quantitative estimate of drug-likeness (QED) is 0.0382. The predicted molar refractivity (Wildman–Crippen MR) is 247 cm³/mol. The summed E-state index contributed by atoms with van der Waals surface area (Å²) in [5.74, 6) is -3.21. The Balaban J connectivity index is 0. The van der Waals surface area contributed by atoms with Gasteiger partial charge in [-0.15, -0.1) is 0 Å². The highest BCUT2D eigenvalue weighted by Gasteiger charge is 2.34. The third kappa shape index (κ3) is 23.3. The first kappa shape index (κ1) is 60.6. The lowest BCUT2D eigenvalue weighted by atomic mass is 9.96. The van der Waals surface area contributed by atoms with E-state index < -0.39 is 84.1 Å². The minimum Gasteiger partial charge on any atom is -0.376 e. The second-order valence-electron chi connectivity index (χ2n) is 17.5. The molecule has 0 heterocycles. The smallest absolute Gasteiger partial charge is 0.243 e. The Bertz CT molecular complexity index is 1310. The number of hydrogen-bond acceptors (Lipinski definition) is 13. The van der Waals surface area contributed by atoms with Crippen molar-refractivity contribution >= 4 is 35.4 Å². The van der Waals surface area contributed by atoms with E-state index in [1.165, 1.54) is 7.05 Å². The fraction of sp³-hybridized carbons (Fsp3) is 0.860. The lowest BCUT2D eigenvalue weighted by Crippen LogP contribution is -2.61. The average molecular weight is 887 g/mol. The summed E-state index contributed by atoms with van der Waals surface area (Å²) in [7, 11) is 1.49. The molecule has 0 rings (SSSR count). The van der Waals surface area contributed by atoms with Gasteiger partial charge in [0.2, 0.25) is 35.4 Å². The first-order valence-corrected chi connectivity index (χ1v) is 22.8. The van der Waals surface area contributed by atoms with Crippen LogP contribution in [0, 0.1) is 29.6 Å². The van der Waals surface area contributed by atoms with Crippen molar-refractivity contribution in [1.82, 2.24) is 42.5 Å². The maximum atomic E-state index is 13.9. The monoisotopic (exact) mass is 887 g/mol. The molecule has 0 aromatic heterocycles. The SMILES string of the molecule is CC.CCC(C)C(CNC(CC(C)C)C(=O)NC(CCN)C(=O)NC(C(=O)NC(CC(C)C)C(=O)NC)C(C)C)NC(=O)C(CCN)N[C@@H](O)C(NC(=O)C(N)CCN)C(C)C. The van der Waals surface area contributed by atoms with Crippen LogP contribution in [0.25, 0.3) is 0 Å². The highest BCUT2D eigenvalue weighted by Crippen LogP contribution is 2.13. The molecule has 17 N–H and O–H groups in total. The molecule has 0 radical (unpaired) electrons. The van der Waals surface area contributed by atoms with E-state index in [4.69, 9.17) is 22.9 Å². The van der Waals surface area contributed by atoms with Crippen LogP contribution in [0.4, 0.5) is 0 Å². The minimum absolute atomic E-state index is 0.0437. The van der Waals surface area contributed by atoms with E-state index >= 15 is 0 Å². The summed E-state index contributed by atoms with van der Waals surface area (Å²) in [6, 6.07) is -6.60. The maximum absolute atomic E-state index is 13.9. The van der Waals surface area contributed by atoms with Gasteiger partial charge in [0.05, 0.1) is 24.2 Å². The summed E-state index contributed by atoms with van der Waals surface area (Å²) < 4.78 is 0. The van der Waals surface area contributed by atoms with Gasteiger partial charge in [-0.2, -0.15) is 0 Å². The van der Waals surface area contributed by atoms with Crippen molar-refractivity contribution in [2.24, 2.45) is 52.5 Å². The van der Waals surface area contributed by atoms with Crippen molar-refractivity contribution in [3.8, 4) is 0 Å². The van der Waals surface area contributed by atoms with Crippen molar-refractivity contribution in [2.45, 2.75) is 176 Å². The highest BCUT2D eigenvalue weighted by atomic mass is 16.3. The van der Waals surface area contributed by atoms with Gasteiger partial charge >= 0.3 is 0 Å². The molecule has 10 atom stereocenters. The van der Waals surface area contributed by atoms with Crippen LogP contribution in [-0.4, -0.2) is 128 Å². The zero-order chi connectivity index (χ0) is 48.3. The largest absolute Gasteiger partial charge is 0.376 e. The zero-order valence-electron chi connectivity index (χ0n) is 40.4. The van der Waals surface area contributed by atoms with Crippen LogP contribution < -0.4 is 65.5 Å².